The molecule has 0 atom stereocenters. The fourth-order valence-electron chi connectivity index (χ4n) is 3.04. The summed E-state index contributed by atoms with van der Waals surface area (Å²) in [6.07, 6.45) is 0. The van der Waals surface area contributed by atoms with E-state index < -0.39 is 23.3 Å². The summed E-state index contributed by atoms with van der Waals surface area (Å²) in [6.45, 7) is 0. The highest BCUT2D eigenvalue weighted by molar-refractivity contribution is 6.32. The molecule has 6 rings (SSSR count). The third-order valence-corrected chi connectivity index (χ3v) is 3.88. The van der Waals surface area contributed by atoms with Crippen LogP contribution in [0.15, 0.2) is 54.5 Å². The Morgan fingerprint density at radius 2 is 0.500 bits per heavy atom. The van der Waals surface area contributed by atoms with Crippen LogP contribution in [0.1, 0.15) is 0 Å². The zero-order valence-corrected chi connectivity index (χ0v) is 11.9. The molecule has 128 valence electrons. The van der Waals surface area contributed by atoms with E-state index in [1.807, 2.05) is 0 Å². The fraction of sp³-hybridized carbons (Fsp3) is 0. The lowest BCUT2D eigenvalue weighted by molar-refractivity contribution is 0.397. The van der Waals surface area contributed by atoms with E-state index in [0.717, 1.165) is 0 Å². The number of hydrogen-bond acceptors (Lipinski definition) is 12. The second-order valence-electron chi connectivity index (χ2n) is 5.20. The number of benzene rings is 2. The van der Waals surface area contributed by atoms with E-state index in [9.17, 15) is 19.2 Å². The van der Waals surface area contributed by atoms with Crippen LogP contribution in [0.3, 0.4) is 0 Å². The first kappa shape index (κ1) is 13.1. The summed E-state index contributed by atoms with van der Waals surface area (Å²) >= 11 is 0. The Morgan fingerprint density at radius 1 is 0.308 bits per heavy atom. The van der Waals surface area contributed by atoms with Crippen molar-refractivity contribution in [2.45, 2.75) is 0 Å². The van der Waals surface area contributed by atoms with E-state index >= 15 is 0 Å². The van der Waals surface area contributed by atoms with Crippen LogP contribution < -0.4 is 23.3 Å². The van der Waals surface area contributed by atoms with Crippen molar-refractivity contribution in [3.63, 3.8) is 0 Å². The quantitative estimate of drug-likeness (QED) is 0.383. The van der Waals surface area contributed by atoms with Crippen molar-refractivity contribution in [3.8, 4) is 0 Å². The molecule has 0 spiro atoms. The lowest BCUT2D eigenvalue weighted by atomic mass is 10.1. The Hall–Kier alpha value is -4.22. The fourth-order valence-corrected chi connectivity index (χ4v) is 3.04. The summed E-state index contributed by atoms with van der Waals surface area (Å²) in [7, 11) is 0. The maximum atomic E-state index is 11.6. The molecule has 12 nitrogen and oxygen atoms in total. The van der Waals surface area contributed by atoms with Gasteiger partial charge >= 0.3 is 23.3 Å². The third kappa shape index (κ3) is 1.35. The summed E-state index contributed by atoms with van der Waals surface area (Å²) in [5, 5.41) is -0.137. The molecule has 0 saturated heterocycles. The zero-order valence-electron chi connectivity index (χ0n) is 11.9. The molecule has 0 fully saturated rings. The lowest BCUT2D eigenvalue weighted by Gasteiger charge is -1.98. The largest absolute Gasteiger partial charge is 0.519 e. The minimum absolute atomic E-state index is 0.0687. The molecule has 2 aromatic carbocycles. The summed E-state index contributed by atoms with van der Waals surface area (Å²) in [5.41, 5.74) is -2.00. The summed E-state index contributed by atoms with van der Waals surface area (Å²) in [6, 6.07) is 0. The van der Waals surface area contributed by atoms with E-state index in [-0.39, 0.29) is 55.4 Å². The first-order valence-corrected chi connectivity index (χ1v) is 6.83. The molecule has 26 heavy (non-hydrogen) atoms. The van der Waals surface area contributed by atoms with Gasteiger partial charge in [-0.15, -0.1) is 0 Å². The molecule has 4 aromatic heterocycles. The van der Waals surface area contributed by atoms with Gasteiger partial charge in [0.15, 0.2) is 22.3 Å². The van der Waals surface area contributed by atoms with Crippen LogP contribution in [0, 0.1) is 0 Å². The summed E-state index contributed by atoms with van der Waals surface area (Å²) in [4.78, 5) is 46.4. The molecule has 0 N–H and O–H groups in total. The number of fused-ring (bicyclic) bond motifs is 11. The van der Waals surface area contributed by atoms with Gasteiger partial charge < -0.3 is 35.3 Å². The first-order chi connectivity index (χ1) is 12.5. The Bertz CT molecular complexity index is 1500. The van der Waals surface area contributed by atoms with Crippen molar-refractivity contribution in [2.24, 2.45) is 0 Å². The molecule has 0 radical (unpaired) electrons. The van der Waals surface area contributed by atoms with E-state index in [4.69, 9.17) is 35.3 Å². The Labute approximate surface area is 134 Å². The van der Waals surface area contributed by atoms with Crippen LogP contribution in [0.25, 0.3) is 55.4 Å². The first-order valence-electron chi connectivity index (χ1n) is 6.83. The zero-order chi connectivity index (χ0) is 17.7. The van der Waals surface area contributed by atoms with Crippen molar-refractivity contribution in [1.82, 2.24) is 0 Å². The SMILES string of the molecule is O=c1oc2c3oc(=O)oc3c3c4oc(=O)oc4c4oc(=O)oc4c3c2o1. The van der Waals surface area contributed by atoms with E-state index in [1.54, 1.807) is 0 Å². The summed E-state index contributed by atoms with van der Waals surface area (Å²) in [5.74, 6) is -4.48. The highest BCUT2D eigenvalue weighted by atomic mass is 16.6. The second-order valence-corrected chi connectivity index (χ2v) is 5.20. The van der Waals surface area contributed by atoms with Crippen LogP contribution in [-0.4, -0.2) is 0 Å². The standard InChI is InChI=1S/C14O12/c15-11-19-3-1-2(5-9(7(3)23-11)25-13(17)21-5)6-10(26-14(18)22-6)8-4(1)20-12(16)24-8. The number of hydrogen-bond donors (Lipinski definition) is 0. The molecule has 0 aliphatic rings. The van der Waals surface area contributed by atoms with Gasteiger partial charge in [0, 0.05) is 0 Å². The van der Waals surface area contributed by atoms with E-state index in [0.29, 0.717) is 0 Å². The molecular weight excluding hydrogens is 360 g/mol. The van der Waals surface area contributed by atoms with Crippen molar-refractivity contribution >= 4 is 55.4 Å². The van der Waals surface area contributed by atoms with Gasteiger partial charge in [-0.05, 0) is 0 Å². The van der Waals surface area contributed by atoms with Gasteiger partial charge in [-0.3, -0.25) is 0 Å². The molecule has 0 unspecified atom stereocenters. The van der Waals surface area contributed by atoms with Gasteiger partial charge in [0.1, 0.15) is 0 Å². The molecule has 0 saturated carbocycles. The maximum absolute atomic E-state index is 11.6. The van der Waals surface area contributed by atoms with Gasteiger partial charge in [-0.25, -0.2) is 19.2 Å². The van der Waals surface area contributed by atoms with Crippen molar-refractivity contribution < 1.29 is 35.3 Å². The molecule has 0 aliphatic carbocycles. The Balaban J connectivity index is 2.20. The summed E-state index contributed by atoms with van der Waals surface area (Å²) < 4.78 is 39.5. The second kappa shape index (κ2) is 3.88. The Morgan fingerprint density at radius 3 is 0.731 bits per heavy atom. The normalized spacial score (nSPS) is 12.5. The monoisotopic (exact) mass is 360 g/mol. The topological polar surface area (TPSA) is 173 Å². The van der Waals surface area contributed by atoms with Crippen molar-refractivity contribution in [3.05, 3.63) is 42.5 Å². The Kier molecular flexibility index (Phi) is 1.96. The van der Waals surface area contributed by atoms with Crippen molar-refractivity contribution in [1.29, 1.82) is 0 Å². The molecule has 6 aromatic rings. The molecule has 0 aliphatic heterocycles. The van der Waals surface area contributed by atoms with Crippen molar-refractivity contribution in [2.75, 3.05) is 0 Å². The molecule has 12 heteroatoms. The average Bonchev–Trinajstić information content (AvgIpc) is 3.30. The predicted octanol–water partition coefficient (Wildman–Crippen LogP) is 1.64. The average molecular weight is 360 g/mol. The highest BCUT2D eigenvalue weighted by Gasteiger charge is 2.30. The van der Waals surface area contributed by atoms with Crippen LogP contribution >= 0.6 is 0 Å². The van der Waals surface area contributed by atoms with Gasteiger partial charge in [0.25, 0.3) is 0 Å². The smallest absolute Gasteiger partial charge is 0.390 e. The third-order valence-electron chi connectivity index (χ3n) is 3.88. The van der Waals surface area contributed by atoms with Crippen LogP contribution in [0.2, 0.25) is 0 Å². The minimum Gasteiger partial charge on any atom is -0.390 e. The molecule has 0 bridgehead atoms. The lowest BCUT2D eigenvalue weighted by Crippen LogP contribution is -1.86. The van der Waals surface area contributed by atoms with Gasteiger partial charge in [-0.1, -0.05) is 0 Å². The van der Waals surface area contributed by atoms with Crippen LogP contribution in [-0.2, 0) is 0 Å². The highest BCUT2D eigenvalue weighted by Crippen LogP contribution is 2.42. The minimum atomic E-state index is -1.12. The van der Waals surface area contributed by atoms with E-state index in [2.05, 4.69) is 0 Å². The molecule has 0 amide bonds. The number of rotatable bonds is 0. The molecule has 4 heterocycles. The molecular formula is C14O12. The van der Waals surface area contributed by atoms with Crippen LogP contribution in [0.5, 0.6) is 0 Å². The van der Waals surface area contributed by atoms with E-state index in [1.165, 1.54) is 0 Å². The maximum Gasteiger partial charge on any atom is 0.519 e. The van der Waals surface area contributed by atoms with Gasteiger partial charge in [-0.2, -0.15) is 0 Å². The van der Waals surface area contributed by atoms with Gasteiger partial charge in [0.05, 0.1) is 10.8 Å². The predicted molar refractivity (Wildman–Crippen MR) is 77.2 cm³/mol. The van der Waals surface area contributed by atoms with Gasteiger partial charge in [0.2, 0.25) is 22.3 Å². The van der Waals surface area contributed by atoms with Crippen LogP contribution in [0.4, 0.5) is 0 Å².